The molecule has 2 aromatic carbocycles. The lowest BCUT2D eigenvalue weighted by Crippen LogP contribution is -2.45. The molecule has 1 amide bonds. The first-order chi connectivity index (χ1) is 13.1. The summed E-state index contributed by atoms with van der Waals surface area (Å²) in [6.45, 7) is 9.76. The molecule has 2 aromatic rings. The Morgan fingerprint density at radius 3 is 2.18 bits per heavy atom. The van der Waals surface area contributed by atoms with Gasteiger partial charge in [-0.25, -0.2) is 9.18 Å². The normalized spacial score (nSPS) is 12.5. The monoisotopic (exact) mass is 385 g/mol. The molecule has 1 atom stereocenters. The zero-order chi connectivity index (χ0) is 20.9. The molecule has 28 heavy (non-hydrogen) atoms. The van der Waals surface area contributed by atoms with Crippen molar-refractivity contribution in [1.82, 2.24) is 5.32 Å². The van der Waals surface area contributed by atoms with E-state index in [4.69, 9.17) is 4.74 Å². The number of amides is 1. The highest BCUT2D eigenvalue weighted by Gasteiger charge is 2.26. The number of carbonyl (C=O) groups excluding carboxylic acids is 2. The van der Waals surface area contributed by atoms with Crippen LogP contribution in [0.3, 0.4) is 0 Å². The lowest BCUT2D eigenvalue weighted by Gasteiger charge is -2.22. The fourth-order valence-electron chi connectivity index (χ4n) is 2.70. The molecule has 0 fully saturated rings. The molecule has 0 aliphatic heterocycles. The molecule has 0 heterocycles. The third-order valence-electron chi connectivity index (χ3n) is 4.55. The molecular weight excluding hydrogens is 357 g/mol. The molecule has 0 aromatic heterocycles. The van der Waals surface area contributed by atoms with Gasteiger partial charge in [0.15, 0.2) is 0 Å². The molecule has 0 unspecified atom stereocenters. The Hall–Kier alpha value is -2.69. The van der Waals surface area contributed by atoms with Crippen LogP contribution in [0, 0.1) is 11.7 Å². The highest BCUT2D eigenvalue weighted by molar-refractivity contribution is 5.96. The van der Waals surface area contributed by atoms with Crippen molar-refractivity contribution in [2.75, 3.05) is 0 Å². The molecule has 0 saturated carbocycles. The summed E-state index contributed by atoms with van der Waals surface area (Å²) in [5.74, 6) is -1.54. The van der Waals surface area contributed by atoms with E-state index >= 15 is 0 Å². The van der Waals surface area contributed by atoms with Crippen LogP contribution in [0.25, 0.3) is 0 Å². The first-order valence-electron chi connectivity index (χ1n) is 9.41. The Kier molecular flexibility index (Phi) is 6.95. The van der Waals surface area contributed by atoms with E-state index in [1.54, 1.807) is 30.3 Å². The summed E-state index contributed by atoms with van der Waals surface area (Å²) < 4.78 is 18.9. The smallest absolute Gasteiger partial charge is 0.329 e. The van der Waals surface area contributed by atoms with Crippen LogP contribution in [-0.2, 0) is 21.6 Å². The van der Waals surface area contributed by atoms with Gasteiger partial charge in [-0.3, -0.25) is 4.79 Å². The van der Waals surface area contributed by atoms with Crippen LogP contribution in [0.15, 0.2) is 48.5 Å². The van der Waals surface area contributed by atoms with Crippen molar-refractivity contribution in [2.45, 2.75) is 52.7 Å². The van der Waals surface area contributed by atoms with Crippen molar-refractivity contribution in [3.8, 4) is 0 Å². The van der Waals surface area contributed by atoms with Crippen molar-refractivity contribution >= 4 is 11.9 Å². The molecule has 5 heteroatoms. The highest BCUT2D eigenvalue weighted by Crippen LogP contribution is 2.22. The van der Waals surface area contributed by atoms with Gasteiger partial charge in [0.1, 0.15) is 18.5 Å². The van der Waals surface area contributed by atoms with E-state index in [2.05, 4.69) is 26.1 Å². The van der Waals surface area contributed by atoms with Crippen molar-refractivity contribution < 1.29 is 18.7 Å². The van der Waals surface area contributed by atoms with Crippen molar-refractivity contribution in [3.05, 3.63) is 71.0 Å². The Morgan fingerprint density at radius 1 is 1.04 bits per heavy atom. The van der Waals surface area contributed by atoms with Crippen LogP contribution < -0.4 is 5.32 Å². The zero-order valence-electron chi connectivity index (χ0n) is 17.1. The summed E-state index contributed by atoms with van der Waals surface area (Å²) in [4.78, 5) is 25.0. The molecule has 4 nitrogen and oxygen atoms in total. The zero-order valence-corrected chi connectivity index (χ0v) is 17.1. The molecule has 0 spiro atoms. The minimum Gasteiger partial charge on any atom is -0.459 e. The average molecular weight is 385 g/mol. The maximum atomic E-state index is 13.7. The number of hydrogen-bond donors (Lipinski definition) is 1. The summed E-state index contributed by atoms with van der Waals surface area (Å²) in [5, 5.41) is 2.73. The SMILES string of the molecule is CC(C)[C@H](NC(=O)c1ccc(C(C)(C)C)cc1)C(=O)OCc1ccccc1F. The summed E-state index contributed by atoms with van der Waals surface area (Å²) in [7, 11) is 0. The van der Waals surface area contributed by atoms with E-state index < -0.39 is 17.8 Å². The fourth-order valence-corrected chi connectivity index (χ4v) is 2.70. The first-order valence-corrected chi connectivity index (χ1v) is 9.41. The topological polar surface area (TPSA) is 55.4 Å². The number of halogens is 1. The van der Waals surface area contributed by atoms with Gasteiger partial charge in [-0.1, -0.05) is 65.0 Å². The summed E-state index contributed by atoms with van der Waals surface area (Å²) in [6, 6.07) is 12.6. The number of carbonyl (C=O) groups is 2. The minimum atomic E-state index is -0.818. The summed E-state index contributed by atoms with van der Waals surface area (Å²) >= 11 is 0. The molecule has 0 saturated heterocycles. The Bertz CT molecular complexity index is 822. The number of nitrogens with one attached hydrogen (secondary N) is 1. The van der Waals surface area contributed by atoms with Crippen molar-refractivity contribution in [3.63, 3.8) is 0 Å². The molecule has 150 valence electrons. The standard InChI is InChI=1S/C23H28FNO3/c1-15(2)20(22(27)28-14-17-8-6-7-9-19(17)24)25-21(26)16-10-12-18(13-11-16)23(3,4)5/h6-13,15,20H,14H2,1-5H3,(H,25,26)/t20-/m0/s1. The van der Waals surface area contributed by atoms with Gasteiger partial charge in [-0.15, -0.1) is 0 Å². The van der Waals surface area contributed by atoms with Crippen LogP contribution in [0.5, 0.6) is 0 Å². The first kappa shape index (κ1) is 21.6. The molecule has 2 rings (SSSR count). The van der Waals surface area contributed by atoms with Gasteiger partial charge in [-0.2, -0.15) is 0 Å². The maximum absolute atomic E-state index is 13.7. The maximum Gasteiger partial charge on any atom is 0.329 e. The molecule has 0 aliphatic carbocycles. The fraction of sp³-hybridized carbons (Fsp3) is 0.391. The number of rotatable bonds is 6. The van der Waals surface area contributed by atoms with E-state index in [9.17, 15) is 14.0 Å². The number of ether oxygens (including phenoxy) is 1. The van der Waals surface area contributed by atoms with Crippen LogP contribution in [-0.4, -0.2) is 17.9 Å². The van der Waals surface area contributed by atoms with Crippen LogP contribution >= 0.6 is 0 Å². The van der Waals surface area contributed by atoms with Gasteiger partial charge in [0, 0.05) is 11.1 Å². The van der Waals surface area contributed by atoms with Gasteiger partial charge < -0.3 is 10.1 Å². The van der Waals surface area contributed by atoms with Crippen molar-refractivity contribution in [1.29, 1.82) is 0 Å². The second-order valence-electron chi connectivity index (χ2n) is 8.22. The third-order valence-corrected chi connectivity index (χ3v) is 4.55. The predicted octanol–water partition coefficient (Wildman–Crippen LogP) is 4.62. The van der Waals surface area contributed by atoms with Crippen LogP contribution in [0.1, 0.15) is 56.1 Å². The lowest BCUT2D eigenvalue weighted by molar-refractivity contribution is -0.148. The lowest BCUT2D eigenvalue weighted by atomic mass is 9.86. The van der Waals surface area contributed by atoms with E-state index in [0.717, 1.165) is 5.56 Å². The number of benzene rings is 2. The largest absolute Gasteiger partial charge is 0.459 e. The van der Waals surface area contributed by atoms with Gasteiger partial charge in [-0.05, 0) is 35.1 Å². The Labute approximate surface area is 166 Å². The molecular formula is C23H28FNO3. The second-order valence-corrected chi connectivity index (χ2v) is 8.22. The van der Waals surface area contributed by atoms with Gasteiger partial charge >= 0.3 is 5.97 Å². The highest BCUT2D eigenvalue weighted by atomic mass is 19.1. The second kappa shape index (κ2) is 9.00. The molecule has 0 radical (unpaired) electrons. The Balaban J connectivity index is 2.04. The van der Waals surface area contributed by atoms with Crippen LogP contribution in [0.4, 0.5) is 4.39 Å². The summed E-state index contributed by atoms with van der Waals surface area (Å²) in [5.41, 5.74) is 1.88. The van der Waals surface area contributed by atoms with Gasteiger partial charge in [0.05, 0.1) is 0 Å². The van der Waals surface area contributed by atoms with Gasteiger partial charge in [0.25, 0.3) is 5.91 Å². The van der Waals surface area contributed by atoms with Crippen molar-refractivity contribution in [2.24, 2.45) is 5.92 Å². The van der Waals surface area contributed by atoms with Crippen LogP contribution in [0.2, 0.25) is 0 Å². The molecule has 0 bridgehead atoms. The van der Waals surface area contributed by atoms with E-state index in [1.807, 2.05) is 26.0 Å². The molecule has 0 aliphatic rings. The Morgan fingerprint density at radius 2 is 1.64 bits per heavy atom. The van der Waals surface area contributed by atoms with Gasteiger partial charge in [0.2, 0.25) is 0 Å². The van der Waals surface area contributed by atoms with E-state index in [-0.39, 0.29) is 23.8 Å². The quantitative estimate of drug-likeness (QED) is 0.738. The molecule has 1 N–H and O–H groups in total. The third kappa shape index (κ3) is 5.65. The number of esters is 1. The number of hydrogen-bond acceptors (Lipinski definition) is 3. The average Bonchev–Trinajstić information content (AvgIpc) is 2.64. The summed E-state index contributed by atoms with van der Waals surface area (Å²) in [6.07, 6.45) is 0. The predicted molar refractivity (Wildman–Crippen MR) is 107 cm³/mol. The minimum absolute atomic E-state index is 0.00794. The van der Waals surface area contributed by atoms with E-state index in [0.29, 0.717) is 11.1 Å². The van der Waals surface area contributed by atoms with E-state index in [1.165, 1.54) is 6.07 Å².